The van der Waals surface area contributed by atoms with Crippen LogP contribution in [-0.4, -0.2) is 193 Å². The number of unbranched alkanes of at least 4 members (excludes halogenated alkanes) is 27. The number of carbonyl (C=O) groups is 1. The first-order valence-electron chi connectivity index (χ1n) is 35.2. The third kappa shape index (κ3) is 34.1. The molecule has 0 aromatic carbocycles. The molecule has 3 fully saturated rings. The summed E-state index contributed by atoms with van der Waals surface area (Å²) >= 11 is 0. The Morgan fingerprint density at radius 1 is 0.400 bits per heavy atom. The van der Waals surface area contributed by atoms with E-state index in [0.29, 0.717) is 12.8 Å². The van der Waals surface area contributed by atoms with Gasteiger partial charge < -0.3 is 89.9 Å². The monoisotopic (exact) mass is 1280 g/mol. The van der Waals surface area contributed by atoms with Gasteiger partial charge in [0.15, 0.2) is 18.9 Å². The van der Waals surface area contributed by atoms with Crippen molar-refractivity contribution < 1.29 is 89.4 Å². The van der Waals surface area contributed by atoms with Crippen LogP contribution in [0.15, 0.2) is 72.9 Å². The van der Waals surface area contributed by atoms with E-state index in [1.54, 1.807) is 6.08 Å². The van der Waals surface area contributed by atoms with Gasteiger partial charge in [-0.05, 0) is 83.5 Å². The van der Waals surface area contributed by atoms with Gasteiger partial charge in [0.2, 0.25) is 5.91 Å². The lowest BCUT2D eigenvalue weighted by molar-refractivity contribution is -0.379. The van der Waals surface area contributed by atoms with Crippen molar-refractivity contribution in [2.45, 2.75) is 343 Å². The molecule has 3 heterocycles. The number of allylic oxidation sites excluding steroid dienone is 11. The molecule has 0 aliphatic carbocycles. The van der Waals surface area contributed by atoms with Crippen molar-refractivity contribution in [1.29, 1.82) is 0 Å². The molecule has 0 radical (unpaired) electrons. The summed E-state index contributed by atoms with van der Waals surface area (Å²) in [5.74, 6) is -0.303. The summed E-state index contributed by atoms with van der Waals surface area (Å²) < 4.78 is 34.3. The van der Waals surface area contributed by atoms with Crippen molar-refractivity contribution in [3.63, 3.8) is 0 Å². The summed E-state index contributed by atoms with van der Waals surface area (Å²) in [5.41, 5.74) is 0. The van der Waals surface area contributed by atoms with Crippen molar-refractivity contribution in [3.8, 4) is 0 Å². The first-order valence-corrected chi connectivity index (χ1v) is 35.2. The second-order valence-corrected chi connectivity index (χ2v) is 25.0. The molecule has 0 aromatic heterocycles. The van der Waals surface area contributed by atoms with Crippen molar-refractivity contribution in [2.24, 2.45) is 0 Å². The molecule has 0 aromatic rings. The van der Waals surface area contributed by atoms with Crippen molar-refractivity contribution in [1.82, 2.24) is 5.32 Å². The molecule has 19 nitrogen and oxygen atoms in total. The molecule has 17 atom stereocenters. The van der Waals surface area contributed by atoms with Crippen molar-refractivity contribution in [2.75, 3.05) is 26.4 Å². The molecule has 0 spiro atoms. The number of ether oxygens (including phenoxy) is 6. The molecule has 522 valence electrons. The maximum atomic E-state index is 13.4. The molecule has 3 saturated heterocycles. The molecule has 19 heteroatoms. The normalized spacial score (nSPS) is 28.5. The highest BCUT2D eigenvalue weighted by Gasteiger charge is 2.53. The van der Waals surface area contributed by atoms with E-state index < -0.39 is 124 Å². The van der Waals surface area contributed by atoms with Gasteiger partial charge in [-0.1, -0.05) is 222 Å². The Morgan fingerprint density at radius 3 is 1.21 bits per heavy atom. The maximum absolute atomic E-state index is 13.4. The lowest BCUT2D eigenvalue weighted by atomic mass is 9.96. The molecule has 1 amide bonds. The molecule has 3 aliphatic rings. The summed E-state index contributed by atoms with van der Waals surface area (Å²) in [6, 6.07) is -1.01. The van der Waals surface area contributed by atoms with E-state index in [4.69, 9.17) is 28.4 Å². The second kappa shape index (κ2) is 52.5. The first kappa shape index (κ1) is 81.5. The fraction of sp³-hybridized carbons (Fsp3) is 0.817. The molecular weight excluding hydrogens is 1150 g/mol. The van der Waals surface area contributed by atoms with Gasteiger partial charge in [-0.2, -0.15) is 0 Å². The van der Waals surface area contributed by atoms with Gasteiger partial charge in [0.1, 0.15) is 73.2 Å². The maximum Gasteiger partial charge on any atom is 0.220 e. The zero-order chi connectivity index (χ0) is 65.4. The summed E-state index contributed by atoms with van der Waals surface area (Å²) in [5, 5.41) is 120. The zero-order valence-electron chi connectivity index (χ0n) is 55.1. The highest BCUT2D eigenvalue weighted by atomic mass is 16.8. The number of hydrogen-bond acceptors (Lipinski definition) is 18. The topological polar surface area (TPSA) is 307 Å². The third-order valence-electron chi connectivity index (χ3n) is 17.2. The molecule has 0 saturated carbocycles. The average molecular weight is 1280 g/mol. The standard InChI is InChI=1S/C71H125NO18/c1-3-5-7-9-11-13-15-17-19-21-23-24-25-26-27-28-29-31-32-34-36-38-40-42-44-46-48-55(76)54(72-59(77)49-47-45-43-41-39-37-35-33-30-22-20-18-16-14-12-10-8-6-4-2)53-85-69-65(83)62(80)67(57(51-74)87-69)90-71-66(84)63(81)68(58(52-75)88-71)89-70-64(82)61(79)60(78)56(50-73)86-70/h12,14,18,20,30-33,38,40,46,48,54-58,60-71,73-76,78-84H,3-11,13,15-17,19,21-29,34-37,39,41-45,47,49-53H2,1-2H3,(H,72,77)/b14-12-,20-18-,32-31+,33-30-,40-38+,48-46+. The average Bonchev–Trinajstić information content (AvgIpc) is 0.846. The predicted octanol–water partition coefficient (Wildman–Crippen LogP) is 9.33. The van der Waals surface area contributed by atoms with Crippen LogP contribution in [0.1, 0.15) is 239 Å². The smallest absolute Gasteiger partial charge is 0.220 e. The number of aliphatic hydroxyl groups excluding tert-OH is 11. The molecule has 12 N–H and O–H groups in total. The van der Waals surface area contributed by atoms with Crippen LogP contribution >= 0.6 is 0 Å². The van der Waals surface area contributed by atoms with Crippen molar-refractivity contribution >= 4 is 5.91 Å². The number of hydrogen-bond donors (Lipinski definition) is 12. The van der Waals surface area contributed by atoms with E-state index >= 15 is 0 Å². The number of amides is 1. The Morgan fingerprint density at radius 2 is 0.744 bits per heavy atom. The van der Waals surface area contributed by atoms with Gasteiger partial charge in [-0.15, -0.1) is 0 Å². The quantitative estimate of drug-likeness (QED) is 0.0199. The van der Waals surface area contributed by atoms with Crippen LogP contribution in [0.25, 0.3) is 0 Å². The molecule has 17 unspecified atom stereocenters. The minimum atomic E-state index is -1.99. The van der Waals surface area contributed by atoms with E-state index in [1.807, 2.05) is 6.08 Å². The van der Waals surface area contributed by atoms with Crippen LogP contribution in [0.5, 0.6) is 0 Å². The highest BCUT2D eigenvalue weighted by molar-refractivity contribution is 5.76. The Labute approximate surface area is 540 Å². The molecule has 0 bridgehead atoms. The number of rotatable bonds is 53. The Hall–Kier alpha value is -2.77. The lowest BCUT2D eigenvalue weighted by Crippen LogP contribution is -2.66. The number of aliphatic hydroxyl groups is 11. The minimum Gasteiger partial charge on any atom is -0.394 e. The van der Waals surface area contributed by atoms with E-state index in [9.17, 15) is 61.0 Å². The Kier molecular flexibility index (Phi) is 47.5. The van der Waals surface area contributed by atoms with Crippen LogP contribution in [0.2, 0.25) is 0 Å². The largest absolute Gasteiger partial charge is 0.394 e. The highest BCUT2D eigenvalue weighted by Crippen LogP contribution is 2.33. The molecule has 90 heavy (non-hydrogen) atoms. The predicted molar refractivity (Wildman–Crippen MR) is 351 cm³/mol. The molecular formula is C71H125NO18. The SMILES string of the molecule is CCCCC/C=C\C/C=C\C/C=C\CCCCCCCCC(=O)NC(COC1OC(CO)C(OC2OC(CO)C(OC3OC(CO)C(O)C(O)C3O)C(O)C2O)C(O)C1O)C(O)/C=C/CC/C=C/CC/C=C/CCCCCCCCCCCCCCCCCC. The van der Waals surface area contributed by atoms with Gasteiger partial charge in [-0.3, -0.25) is 4.79 Å². The number of nitrogens with one attached hydrogen (secondary N) is 1. The molecule has 3 rings (SSSR count). The zero-order valence-corrected chi connectivity index (χ0v) is 55.1. The van der Waals surface area contributed by atoms with Gasteiger partial charge in [-0.25, -0.2) is 0 Å². The van der Waals surface area contributed by atoms with Crippen molar-refractivity contribution in [3.05, 3.63) is 72.9 Å². The fourth-order valence-corrected chi connectivity index (χ4v) is 11.5. The first-order chi connectivity index (χ1) is 43.8. The van der Waals surface area contributed by atoms with E-state index in [0.717, 1.165) is 83.5 Å². The minimum absolute atomic E-state index is 0.214. The second-order valence-electron chi connectivity index (χ2n) is 25.0. The van der Waals surface area contributed by atoms with Crippen LogP contribution in [0.4, 0.5) is 0 Å². The summed E-state index contributed by atoms with van der Waals surface area (Å²) in [4.78, 5) is 13.4. The van der Waals surface area contributed by atoms with Crippen LogP contribution in [0, 0.1) is 0 Å². The third-order valence-corrected chi connectivity index (χ3v) is 17.2. The Balaban J connectivity index is 1.46. The van der Waals surface area contributed by atoms with E-state index in [1.165, 1.54) is 122 Å². The number of carbonyl (C=O) groups excluding carboxylic acids is 1. The summed E-state index contributed by atoms with van der Waals surface area (Å²) in [6.07, 6.45) is 38.8. The summed E-state index contributed by atoms with van der Waals surface area (Å²) in [7, 11) is 0. The summed E-state index contributed by atoms with van der Waals surface area (Å²) in [6.45, 7) is 1.67. The van der Waals surface area contributed by atoms with Gasteiger partial charge in [0, 0.05) is 6.42 Å². The van der Waals surface area contributed by atoms with E-state index in [-0.39, 0.29) is 18.9 Å². The van der Waals surface area contributed by atoms with Gasteiger partial charge in [0.05, 0.1) is 38.6 Å². The van der Waals surface area contributed by atoms with Crippen LogP contribution < -0.4 is 5.32 Å². The van der Waals surface area contributed by atoms with Crippen LogP contribution in [-0.2, 0) is 33.2 Å². The van der Waals surface area contributed by atoms with Gasteiger partial charge >= 0.3 is 0 Å². The Bertz CT molecular complexity index is 1920. The molecule has 3 aliphatic heterocycles. The van der Waals surface area contributed by atoms with Gasteiger partial charge in [0.25, 0.3) is 0 Å². The van der Waals surface area contributed by atoms with Crippen LogP contribution in [0.3, 0.4) is 0 Å². The lowest BCUT2D eigenvalue weighted by Gasteiger charge is -2.48. The fourth-order valence-electron chi connectivity index (χ4n) is 11.5. The van der Waals surface area contributed by atoms with E-state index in [2.05, 4.69) is 79.9 Å².